The number of anilines is 1. The van der Waals surface area contributed by atoms with Crippen molar-refractivity contribution in [3.8, 4) is 0 Å². The number of hydrogen-bond donors (Lipinski definition) is 4. The van der Waals surface area contributed by atoms with Gasteiger partial charge in [0.1, 0.15) is 0 Å². The molecule has 0 aliphatic carbocycles. The molecule has 0 radical (unpaired) electrons. The fourth-order valence-electron chi connectivity index (χ4n) is 2.91. The minimum Gasteiger partial charge on any atom is -0.434 e. The summed E-state index contributed by atoms with van der Waals surface area (Å²) in [5.41, 5.74) is 12.8. The summed E-state index contributed by atoms with van der Waals surface area (Å²) in [5.74, 6) is 0.827. The van der Waals surface area contributed by atoms with Gasteiger partial charge in [0, 0.05) is 30.0 Å². The largest absolute Gasteiger partial charge is 0.434 e. The van der Waals surface area contributed by atoms with Crippen molar-refractivity contribution in [2.45, 2.75) is 41.5 Å². The van der Waals surface area contributed by atoms with Crippen LogP contribution in [0, 0.1) is 11.8 Å². The van der Waals surface area contributed by atoms with Gasteiger partial charge in [0.25, 0.3) is 0 Å². The number of rotatable bonds is 8. The van der Waals surface area contributed by atoms with Crippen molar-refractivity contribution in [2.75, 3.05) is 11.9 Å². The highest BCUT2D eigenvalue weighted by atomic mass is 16.2. The maximum Gasteiger partial charge on any atom is 0.402 e. The lowest BCUT2D eigenvalue weighted by atomic mass is 9.84. The van der Waals surface area contributed by atoms with E-state index in [4.69, 9.17) is 11.4 Å². The number of allylic oxidation sites excluding steroid dienone is 4. The molecule has 32 heavy (non-hydrogen) atoms. The zero-order chi connectivity index (χ0) is 24.5. The molecule has 0 bridgehead atoms. The van der Waals surface area contributed by atoms with Gasteiger partial charge in [0.05, 0.1) is 5.92 Å². The van der Waals surface area contributed by atoms with Crippen LogP contribution in [-0.4, -0.2) is 29.5 Å². The third kappa shape index (κ3) is 10.0. The zero-order valence-electron chi connectivity index (χ0n) is 20.2. The monoisotopic (exact) mass is 438 g/mol. The summed E-state index contributed by atoms with van der Waals surface area (Å²) in [6, 6.07) is 7.58. The molecular formula is C25H39BN4O2. The second-order valence-electron chi connectivity index (χ2n) is 6.62. The molecule has 2 aromatic rings. The minimum absolute atomic E-state index is 0.0144. The van der Waals surface area contributed by atoms with E-state index >= 15 is 0 Å². The highest BCUT2D eigenvalue weighted by molar-refractivity contribution is 6.52. The number of nitrogens with zero attached hydrogens (tertiary/aromatic N) is 1. The minimum atomic E-state index is -1.00. The topological polar surface area (TPSA) is 114 Å². The number of hydrogen-bond acceptors (Lipinski definition) is 5. The smallest absolute Gasteiger partial charge is 0.402 e. The Morgan fingerprint density at radius 1 is 1.22 bits per heavy atom. The molecule has 0 aliphatic heterocycles. The van der Waals surface area contributed by atoms with Crippen LogP contribution in [0.1, 0.15) is 41.5 Å². The maximum atomic E-state index is 12.9. The highest BCUT2D eigenvalue weighted by Gasteiger charge is 2.20. The lowest BCUT2D eigenvalue weighted by Crippen LogP contribution is -2.30. The van der Waals surface area contributed by atoms with Gasteiger partial charge >= 0.3 is 7.05 Å². The molecule has 2 rings (SSSR count). The summed E-state index contributed by atoms with van der Waals surface area (Å²) in [6.45, 7) is 12.0. The van der Waals surface area contributed by atoms with E-state index in [1.54, 1.807) is 18.5 Å². The Morgan fingerprint density at radius 2 is 1.91 bits per heavy atom. The number of aromatic nitrogens is 1. The Morgan fingerprint density at radius 3 is 2.50 bits per heavy atom. The molecule has 2 unspecified atom stereocenters. The third-order valence-electron chi connectivity index (χ3n) is 4.29. The molecule has 6 nitrogen and oxygen atoms in total. The van der Waals surface area contributed by atoms with E-state index in [0.29, 0.717) is 5.69 Å². The summed E-state index contributed by atoms with van der Waals surface area (Å²) in [5, 5.41) is 14.2. The van der Waals surface area contributed by atoms with Crippen molar-refractivity contribution >= 4 is 29.4 Å². The molecule has 7 heteroatoms. The lowest BCUT2D eigenvalue weighted by Gasteiger charge is -2.18. The van der Waals surface area contributed by atoms with Gasteiger partial charge < -0.3 is 21.7 Å². The number of amides is 1. The first-order valence-electron chi connectivity index (χ1n) is 11.3. The standard InChI is InChI=1S/C21H27BN4O2.2C2H6/c1-3-4-17(11-15(2)7-9-22(24)28)20(13-23)21(27)26-19-6-5-18-14-25-10-8-16(18)12-19;2*1-2/h3-12,14-15,20,28H,13,23-24H2,1-2H3,(H,26,27);2*1-2H3/b4-3-,9-7-,17-11+;;. The summed E-state index contributed by atoms with van der Waals surface area (Å²) in [7, 11) is -1.00. The predicted octanol–water partition coefficient (Wildman–Crippen LogP) is 4.47. The molecule has 1 heterocycles. The Hall–Kier alpha value is -2.74. The molecule has 1 aromatic carbocycles. The summed E-state index contributed by atoms with van der Waals surface area (Å²) < 4.78 is 0. The molecule has 1 aromatic heterocycles. The Kier molecular flexibility index (Phi) is 15.5. The van der Waals surface area contributed by atoms with Gasteiger partial charge in [-0.2, -0.15) is 0 Å². The van der Waals surface area contributed by atoms with E-state index in [2.05, 4.69) is 10.3 Å². The van der Waals surface area contributed by atoms with E-state index in [1.165, 1.54) is 5.98 Å². The molecule has 1 amide bonds. The molecule has 0 fully saturated rings. The first-order valence-corrected chi connectivity index (χ1v) is 11.3. The molecule has 0 saturated carbocycles. The van der Waals surface area contributed by atoms with Gasteiger partial charge in [-0.25, -0.2) is 0 Å². The molecule has 0 saturated heterocycles. The average Bonchev–Trinajstić information content (AvgIpc) is 2.81. The normalized spacial score (nSPS) is 13.1. The van der Waals surface area contributed by atoms with Crippen LogP contribution in [0.5, 0.6) is 0 Å². The second-order valence-corrected chi connectivity index (χ2v) is 6.62. The van der Waals surface area contributed by atoms with Gasteiger partial charge in [-0.15, -0.1) is 0 Å². The van der Waals surface area contributed by atoms with Crippen LogP contribution in [0.3, 0.4) is 0 Å². The van der Waals surface area contributed by atoms with E-state index < -0.39 is 13.0 Å². The summed E-state index contributed by atoms with van der Waals surface area (Å²) in [6.07, 6.45) is 11.0. The maximum absolute atomic E-state index is 12.9. The quantitative estimate of drug-likeness (QED) is 0.359. The first-order chi connectivity index (χ1) is 15.4. The van der Waals surface area contributed by atoms with Crippen molar-refractivity contribution in [3.05, 3.63) is 72.5 Å². The lowest BCUT2D eigenvalue weighted by molar-refractivity contribution is -0.118. The fraction of sp³-hybridized carbons (Fsp3) is 0.360. The van der Waals surface area contributed by atoms with E-state index in [1.807, 2.05) is 84.0 Å². The molecule has 0 spiro atoms. The summed E-state index contributed by atoms with van der Waals surface area (Å²) in [4.78, 5) is 17.0. The van der Waals surface area contributed by atoms with Crippen LogP contribution in [0.25, 0.3) is 10.8 Å². The van der Waals surface area contributed by atoms with Crippen LogP contribution >= 0.6 is 0 Å². The van der Waals surface area contributed by atoms with Gasteiger partial charge in [-0.3, -0.25) is 9.78 Å². The highest BCUT2D eigenvalue weighted by Crippen LogP contribution is 2.21. The fourth-order valence-corrected chi connectivity index (χ4v) is 2.91. The number of carbonyl (C=O) groups excluding carboxylic acids is 1. The van der Waals surface area contributed by atoms with E-state index in [0.717, 1.165) is 16.3 Å². The first kappa shape index (κ1) is 29.3. The van der Waals surface area contributed by atoms with E-state index in [9.17, 15) is 9.82 Å². The van der Waals surface area contributed by atoms with Gasteiger partial charge in [0.2, 0.25) is 5.91 Å². The number of benzene rings is 1. The van der Waals surface area contributed by atoms with Crippen LogP contribution in [-0.2, 0) is 4.79 Å². The van der Waals surface area contributed by atoms with Gasteiger partial charge in [-0.05, 0) is 42.0 Å². The molecule has 6 N–H and O–H groups in total. The number of pyridine rings is 1. The van der Waals surface area contributed by atoms with Crippen molar-refractivity contribution in [1.82, 2.24) is 4.98 Å². The Balaban J connectivity index is 0.00000227. The van der Waals surface area contributed by atoms with Crippen molar-refractivity contribution in [3.63, 3.8) is 0 Å². The predicted molar refractivity (Wildman–Crippen MR) is 139 cm³/mol. The van der Waals surface area contributed by atoms with Crippen LogP contribution in [0.4, 0.5) is 5.69 Å². The molecule has 2 atom stereocenters. The Labute approximate surface area is 193 Å². The van der Waals surface area contributed by atoms with Crippen LogP contribution < -0.4 is 16.7 Å². The zero-order valence-corrected chi connectivity index (χ0v) is 20.2. The van der Waals surface area contributed by atoms with Crippen molar-refractivity contribution < 1.29 is 9.82 Å². The number of nitrogens with one attached hydrogen (secondary N) is 1. The van der Waals surface area contributed by atoms with Crippen LogP contribution in [0.2, 0.25) is 0 Å². The Bertz CT molecular complexity index is 894. The van der Waals surface area contributed by atoms with Crippen molar-refractivity contribution in [1.29, 1.82) is 0 Å². The van der Waals surface area contributed by atoms with Crippen molar-refractivity contribution in [2.24, 2.45) is 23.2 Å². The average molecular weight is 438 g/mol. The number of carbonyl (C=O) groups is 1. The SMILES string of the molecule is C/C=C\C(=C/C(C)/C=C\B(N)O)C(CN)C(=O)Nc1ccc2cnccc2c1.CC.CC. The van der Waals surface area contributed by atoms with E-state index in [-0.39, 0.29) is 18.4 Å². The number of nitrogens with two attached hydrogens (primary N) is 2. The number of fused-ring (bicyclic) bond motifs is 1. The van der Waals surface area contributed by atoms with Gasteiger partial charge in [0.15, 0.2) is 0 Å². The third-order valence-corrected chi connectivity index (χ3v) is 4.29. The van der Waals surface area contributed by atoms with Gasteiger partial charge in [-0.1, -0.05) is 71.0 Å². The van der Waals surface area contributed by atoms with Crippen LogP contribution in [0.15, 0.2) is 72.5 Å². The molecular weight excluding hydrogens is 399 g/mol. The molecule has 0 aliphatic rings. The summed E-state index contributed by atoms with van der Waals surface area (Å²) >= 11 is 0. The second kappa shape index (κ2) is 16.9. The molecule has 174 valence electrons.